The Morgan fingerprint density at radius 3 is 2.77 bits per heavy atom. The predicted molar refractivity (Wildman–Crippen MR) is 127 cm³/mol. The van der Waals surface area contributed by atoms with Crippen molar-refractivity contribution < 1.29 is 9.53 Å². The van der Waals surface area contributed by atoms with Gasteiger partial charge in [-0.15, -0.1) is 0 Å². The number of carbonyl (C=O) groups is 1. The molecular weight excluding hydrogens is 404 g/mol. The second kappa shape index (κ2) is 8.71. The number of hydrogen-bond donors (Lipinski definition) is 0. The molecule has 4 nitrogen and oxygen atoms in total. The van der Waals surface area contributed by atoms with Crippen LogP contribution in [0.1, 0.15) is 72.5 Å². The first-order valence-electron chi connectivity index (χ1n) is 11.5. The first-order chi connectivity index (χ1) is 15.1. The minimum atomic E-state index is 0.0361. The number of hydrogen-bond acceptors (Lipinski definition) is 4. The van der Waals surface area contributed by atoms with Crippen LogP contribution in [0.4, 0.5) is 5.13 Å². The molecule has 0 saturated carbocycles. The fourth-order valence-electron chi connectivity index (χ4n) is 4.80. The van der Waals surface area contributed by atoms with Gasteiger partial charge in [-0.05, 0) is 79.3 Å². The third kappa shape index (κ3) is 4.13. The number of thiazole rings is 1. The van der Waals surface area contributed by atoms with Crippen LogP contribution >= 0.6 is 11.3 Å². The van der Waals surface area contributed by atoms with Gasteiger partial charge in [-0.3, -0.25) is 9.69 Å². The Labute approximate surface area is 188 Å². The van der Waals surface area contributed by atoms with Gasteiger partial charge in [0, 0.05) is 12.2 Å². The van der Waals surface area contributed by atoms with Crippen molar-refractivity contribution in [3.8, 4) is 0 Å². The van der Waals surface area contributed by atoms with Crippen molar-refractivity contribution >= 4 is 32.6 Å². The summed E-state index contributed by atoms with van der Waals surface area (Å²) in [5, 5.41) is 0.779. The zero-order chi connectivity index (χ0) is 21.4. The number of nitrogens with zero attached hydrogens (tertiary/aromatic N) is 2. The van der Waals surface area contributed by atoms with Crippen molar-refractivity contribution in [2.24, 2.45) is 0 Å². The highest BCUT2D eigenvalue weighted by molar-refractivity contribution is 7.22. The average Bonchev–Trinajstić information content (AvgIpc) is 3.45. The zero-order valence-corrected chi connectivity index (χ0v) is 19.2. The number of amides is 1. The molecule has 2 heterocycles. The Balaban J connectivity index is 1.53. The van der Waals surface area contributed by atoms with E-state index in [0.717, 1.165) is 53.2 Å². The second-order valence-electron chi connectivity index (χ2n) is 9.09. The van der Waals surface area contributed by atoms with Gasteiger partial charge >= 0.3 is 0 Å². The summed E-state index contributed by atoms with van der Waals surface area (Å²) in [4.78, 5) is 20.6. The molecule has 1 aromatic heterocycles. The Morgan fingerprint density at radius 2 is 2.00 bits per heavy atom. The predicted octanol–water partition coefficient (Wildman–Crippen LogP) is 6.12. The third-order valence-corrected chi connectivity index (χ3v) is 7.59. The number of aryl methyl sites for hydroxylation is 2. The van der Waals surface area contributed by atoms with E-state index in [9.17, 15) is 4.79 Å². The van der Waals surface area contributed by atoms with Gasteiger partial charge in [-0.25, -0.2) is 4.98 Å². The van der Waals surface area contributed by atoms with Gasteiger partial charge in [-0.2, -0.15) is 0 Å². The molecule has 5 rings (SSSR count). The quantitative estimate of drug-likeness (QED) is 0.485. The number of anilines is 1. The maximum Gasteiger partial charge on any atom is 0.260 e. The Bertz CT molecular complexity index is 1100. The molecular formula is C26H30N2O2S. The molecule has 2 aliphatic rings. The van der Waals surface area contributed by atoms with Crippen molar-refractivity contribution in [3.05, 3.63) is 58.7 Å². The van der Waals surface area contributed by atoms with E-state index in [0.29, 0.717) is 12.5 Å². The monoisotopic (exact) mass is 434 g/mol. The van der Waals surface area contributed by atoms with E-state index in [1.807, 2.05) is 11.0 Å². The lowest BCUT2D eigenvalue weighted by molar-refractivity contribution is 0.0917. The summed E-state index contributed by atoms with van der Waals surface area (Å²) in [6.45, 7) is 5.72. The van der Waals surface area contributed by atoms with E-state index in [2.05, 4.69) is 44.2 Å². The minimum Gasteiger partial charge on any atom is -0.376 e. The number of para-hydroxylation sites is 1. The fourth-order valence-corrected chi connectivity index (χ4v) is 5.81. The van der Waals surface area contributed by atoms with Crippen LogP contribution in [0.3, 0.4) is 0 Å². The molecule has 1 unspecified atom stereocenters. The molecule has 0 radical (unpaired) electrons. The molecule has 3 aromatic rings. The summed E-state index contributed by atoms with van der Waals surface area (Å²) in [5.41, 5.74) is 5.75. The molecule has 0 N–H and O–H groups in total. The first kappa shape index (κ1) is 20.7. The second-order valence-corrected chi connectivity index (χ2v) is 10.1. The highest BCUT2D eigenvalue weighted by Gasteiger charge is 2.28. The SMILES string of the molecule is CC(C)c1cccc2sc(N(CC3CCCO3)C(=O)c3ccc4c(c3)CCCC4)nc12. The van der Waals surface area contributed by atoms with Gasteiger partial charge in [-0.1, -0.05) is 43.4 Å². The smallest absolute Gasteiger partial charge is 0.260 e. The Morgan fingerprint density at radius 1 is 1.16 bits per heavy atom. The molecule has 0 spiro atoms. The van der Waals surface area contributed by atoms with E-state index < -0.39 is 0 Å². The Kier molecular flexibility index (Phi) is 5.81. The van der Waals surface area contributed by atoms with Crippen LogP contribution in [0.5, 0.6) is 0 Å². The van der Waals surface area contributed by atoms with Crippen molar-refractivity contribution in [1.82, 2.24) is 4.98 Å². The topological polar surface area (TPSA) is 42.4 Å². The molecule has 1 fully saturated rings. The lowest BCUT2D eigenvalue weighted by Gasteiger charge is -2.24. The maximum absolute atomic E-state index is 13.8. The number of benzene rings is 2. The number of rotatable bonds is 5. The summed E-state index contributed by atoms with van der Waals surface area (Å²) < 4.78 is 7.04. The molecule has 1 aliphatic carbocycles. The third-order valence-electron chi connectivity index (χ3n) is 6.54. The van der Waals surface area contributed by atoms with Crippen LogP contribution in [-0.2, 0) is 17.6 Å². The van der Waals surface area contributed by atoms with E-state index in [1.165, 1.54) is 29.5 Å². The van der Waals surface area contributed by atoms with Crippen LogP contribution in [-0.4, -0.2) is 30.1 Å². The van der Waals surface area contributed by atoms with E-state index >= 15 is 0 Å². The van der Waals surface area contributed by atoms with Crippen molar-refractivity contribution in [3.63, 3.8) is 0 Å². The summed E-state index contributed by atoms with van der Waals surface area (Å²) in [5.74, 6) is 0.427. The van der Waals surface area contributed by atoms with E-state index in [1.54, 1.807) is 11.3 Å². The van der Waals surface area contributed by atoms with Gasteiger partial charge in [0.25, 0.3) is 5.91 Å². The summed E-state index contributed by atoms with van der Waals surface area (Å²) in [6, 6.07) is 12.6. The normalized spacial score (nSPS) is 18.5. The molecule has 5 heteroatoms. The van der Waals surface area contributed by atoms with E-state index in [-0.39, 0.29) is 12.0 Å². The average molecular weight is 435 g/mol. The molecule has 162 valence electrons. The van der Waals surface area contributed by atoms with Gasteiger partial charge in [0.05, 0.1) is 22.9 Å². The van der Waals surface area contributed by atoms with Gasteiger partial charge < -0.3 is 4.74 Å². The molecule has 1 aliphatic heterocycles. The highest BCUT2D eigenvalue weighted by Crippen LogP contribution is 2.35. The standard InChI is InChI=1S/C26H30N2O2S/c1-17(2)22-10-5-11-23-24(22)27-26(31-23)28(16-21-9-6-14-30-21)25(29)20-13-12-18-7-3-4-8-19(18)15-20/h5,10-13,15,17,21H,3-4,6-9,14,16H2,1-2H3. The molecule has 1 atom stereocenters. The van der Waals surface area contributed by atoms with Crippen molar-refractivity contribution in [1.29, 1.82) is 0 Å². The number of carbonyl (C=O) groups excluding carboxylic acids is 1. The van der Waals surface area contributed by atoms with Crippen molar-refractivity contribution in [2.45, 2.75) is 64.4 Å². The molecule has 0 bridgehead atoms. The van der Waals surface area contributed by atoms with E-state index in [4.69, 9.17) is 9.72 Å². The van der Waals surface area contributed by atoms with Gasteiger partial charge in [0.15, 0.2) is 5.13 Å². The zero-order valence-electron chi connectivity index (χ0n) is 18.4. The molecule has 2 aromatic carbocycles. The lowest BCUT2D eigenvalue weighted by Crippen LogP contribution is -2.37. The van der Waals surface area contributed by atoms with Gasteiger partial charge in [0.1, 0.15) is 0 Å². The van der Waals surface area contributed by atoms with Crippen molar-refractivity contribution in [2.75, 3.05) is 18.1 Å². The largest absolute Gasteiger partial charge is 0.376 e. The minimum absolute atomic E-state index is 0.0361. The number of ether oxygens (including phenoxy) is 1. The van der Waals surface area contributed by atoms with Crippen LogP contribution in [0.25, 0.3) is 10.2 Å². The van der Waals surface area contributed by atoms with Crippen LogP contribution in [0.15, 0.2) is 36.4 Å². The number of aromatic nitrogens is 1. The molecule has 1 saturated heterocycles. The first-order valence-corrected chi connectivity index (χ1v) is 12.4. The van der Waals surface area contributed by atoms with Crippen LogP contribution in [0, 0.1) is 0 Å². The maximum atomic E-state index is 13.8. The molecule has 1 amide bonds. The van der Waals surface area contributed by atoms with Gasteiger partial charge in [0.2, 0.25) is 0 Å². The Hall–Kier alpha value is -2.24. The summed E-state index contributed by atoms with van der Waals surface area (Å²) >= 11 is 1.61. The lowest BCUT2D eigenvalue weighted by atomic mass is 9.90. The van der Waals surface area contributed by atoms with Crippen LogP contribution < -0.4 is 4.90 Å². The van der Waals surface area contributed by atoms with Crippen LogP contribution in [0.2, 0.25) is 0 Å². The fraction of sp³-hybridized carbons (Fsp3) is 0.462. The summed E-state index contributed by atoms with van der Waals surface area (Å²) in [7, 11) is 0. The number of fused-ring (bicyclic) bond motifs is 2. The highest BCUT2D eigenvalue weighted by atomic mass is 32.1. The molecule has 31 heavy (non-hydrogen) atoms. The summed E-state index contributed by atoms with van der Waals surface area (Å²) in [6.07, 6.45) is 6.78.